The predicted octanol–water partition coefficient (Wildman–Crippen LogP) is 1.76. The Labute approximate surface area is 72.6 Å². The van der Waals surface area contributed by atoms with Crippen LogP contribution in [0.2, 0.25) is 0 Å². The molecule has 3 unspecified atom stereocenters. The molecule has 0 bridgehead atoms. The highest BCUT2D eigenvalue weighted by Crippen LogP contribution is 2.40. The number of ether oxygens (including phenoxy) is 1. The van der Waals surface area contributed by atoms with Gasteiger partial charge in [0.05, 0.1) is 6.61 Å². The molecule has 0 spiro atoms. The van der Waals surface area contributed by atoms with E-state index in [1.54, 1.807) is 6.08 Å². The van der Waals surface area contributed by atoms with Crippen LogP contribution in [0.15, 0.2) is 11.8 Å². The third-order valence-corrected chi connectivity index (χ3v) is 3.06. The maximum absolute atomic E-state index is 11.3. The molecule has 0 aromatic rings. The van der Waals surface area contributed by atoms with Gasteiger partial charge in [-0.15, -0.1) is 0 Å². The predicted molar refractivity (Wildman–Crippen MR) is 45.5 cm³/mol. The Morgan fingerprint density at radius 2 is 2.25 bits per heavy atom. The van der Waals surface area contributed by atoms with Crippen molar-refractivity contribution in [3.8, 4) is 0 Å². The molecule has 2 aliphatic rings. The van der Waals surface area contributed by atoms with Crippen LogP contribution >= 0.6 is 0 Å². The van der Waals surface area contributed by atoms with Gasteiger partial charge in [0.1, 0.15) is 5.76 Å². The van der Waals surface area contributed by atoms with Crippen molar-refractivity contribution in [2.24, 2.45) is 17.8 Å². The molecule has 2 nitrogen and oxygen atoms in total. The molecule has 1 fully saturated rings. The fourth-order valence-corrected chi connectivity index (χ4v) is 2.24. The summed E-state index contributed by atoms with van der Waals surface area (Å²) in [6, 6.07) is 0. The molecule has 1 aliphatic carbocycles. The van der Waals surface area contributed by atoms with E-state index in [-0.39, 0.29) is 11.7 Å². The van der Waals surface area contributed by atoms with Crippen LogP contribution < -0.4 is 0 Å². The van der Waals surface area contributed by atoms with Crippen molar-refractivity contribution in [2.45, 2.75) is 20.3 Å². The first-order chi connectivity index (χ1) is 5.70. The van der Waals surface area contributed by atoms with Crippen molar-refractivity contribution in [1.29, 1.82) is 0 Å². The molecular formula is C10H14O2. The van der Waals surface area contributed by atoms with Crippen LogP contribution in [0.3, 0.4) is 0 Å². The fraction of sp³-hybridized carbons (Fsp3) is 0.700. The van der Waals surface area contributed by atoms with Gasteiger partial charge in [0.25, 0.3) is 0 Å². The number of hydrogen-bond donors (Lipinski definition) is 0. The Kier molecular flexibility index (Phi) is 1.71. The highest BCUT2D eigenvalue weighted by atomic mass is 16.5. The van der Waals surface area contributed by atoms with Crippen molar-refractivity contribution in [3.05, 3.63) is 11.8 Å². The van der Waals surface area contributed by atoms with E-state index >= 15 is 0 Å². The van der Waals surface area contributed by atoms with E-state index in [1.165, 1.54) is 0 Å². The number of hydrogen-bond acceptors (Lipinski definition) is 2. The Bertz CT molecular complexity index is 242. The first kappa shape index (κ1) is 7.84. The lowest BCUT2D eigenvalue weighted by Gasteiger charge is -2.30. The minimum absolute atomic E-state index is 0.148. The summed E-state index contributed by atoms with van der Waals surface area (Å²) in [6.45, 7) is 4.99. The van der Waals surface area contributed by atoms with Gasteiger partial charge in [-0.25, -0.2) is 0 Å². The minimum Gasteiger partial charge on any atom is -0.497 e. The van der Waals surface area contributed by atoms with Crippen LogP contribution in [0, 0.1) is 17.8 Å². The summed E-state index contributed by atoms with van der Waals surface area (Å²) < 4.78 is 5.45. The SMILES string of the molecule is CC1CCOC2=CC(=O)C(C)C21. The Morgan fingerprint density at radius 1 is 1.50 bits per heavy atom. The molecule has 2 heteroatoms. The summed E-state index contributed by atoms with van der Waals surface area (Å²) in [5, 5.41) is 0. The van der Waals surface area contributed by atoms with E-state index in [4.69, 9.17) is 4.74 Å². The molecule has 0 saturated carbocycles. The molecular weight excluding hydrogens is 152 g/mol. The molecule has 0 amide bonds. The normalized spacial score (nSPS) is 40.3. The number of allylic oxidation sites excluding steroid dienone is 2. The number of fused-ring (bicyclic) bond motifs is 1. The lowest BCUT2D eigenvalue weighted by atomic mass is 9.82. The standard InChI is InChI=1S/C10H14O2/c1-6-3-4-12-9-5-8(11)7(2)10(6)9/h5-7,10H,3-4H2,1-2H3. The second kappa shape index (κ2) is 2.61. The van der Waals surface area contributed by atoms with Gasteiger partial charge >= 0.3 is 0 Å². The van der Waals surface area contributed by atoms with Crippen LogP contribution in [0.5, 0.6) is 0 Å². The number of carbonyl (C=O) groups is 1. The average Bonchev–Trinajstić information content (AvgIpc) is 2.29. The van der Waals surface area contributed by atoms with E-state index < -0.39 is 0 Å². The molecule has 0 aromatic heterocycles. The van der Waals surface area contributed by atoms with E-state index in [9.17, 15) is 4.79 Å². The van der Waals surface area contributed by atoms with Crippen LogP contribution in [-0.2, 0) is 9.53 Å². The van der Waals surface area contributed by atoms with Gasteiger partial charge in [0.2, 0.25) is 0 Å². The summed E-state index contributed by atoms with van der Waals surface area (Å²) in [5.74, 6) is 2.29. The van der Waals surface area contributed by atoms with Crippen molar-refractivity contribution < 1.29 is 9.53 Å². The third-order valence-electron chi connectivity index (χ3n) is 3.06. The lowest BCUT2D eigenvalue weighted by Crippen LogP contribution is -2.26. The largest absolute Gasteiger partial charge is 0.497 e. The molecule has 1 aliphatic heterocycles. The second-order valence-corrected chi connectivity index (χ2v) is 3.88. The summed E-state index contributed by atoms with van der Waals surface area (Å²) in [7, 11) is 0. The average molecular weight is 166 g/mol. The topological polar surface area (TPSA) is 26.3 Å². The van der Waals surface area contributed by atoms with Gasteiger partial charge in [-0.3, -0.25) is 4.79 Å². The van der Waals surface area contributed by atoms with Crippen LogP contribution in [0.25, 0.3) is 0 Å². The van der Waals surface area contributed by atoms with Gasteiger partial charge in [-0.05, 0) is 12.3 Å². The lowest BCUT2D eigenvalue weighted by molar-refractivity contribution is -0.118. The van der Waals surface area contributed by atoms with Crippen molar-refractivity contribution in [1.82, 2.24) is 0 Å². The molecule has 3 atom stereocenters. The first-order valence-electron chi connectivity index (χ1n) is 4.58. The highest BCUT2D eigenvalue weighted by molar-refractivity contribution is 5.95. The molecule has 0 N–H and O–H groups in total. The maximum atomic E-state index is 11.3. The Morgan fingerprint density at radius 3 is 2.92 bits per heavy atom. The van der Waals surface area contributed by atoms with Gasteiger partial charge in [-0.1, -0.05) is 13.8 Å². The van der Waals surface area contributed by atoms with Gasteiger partial charge in [0.15, 0.2) is 5.78 Å². The van der Waals surface area contributed by atoms with Gasteiger partial charge < -0.3 is 4.74 Å². The minimum atomic E-state index is 0.148. The van der Waals surface area contributed by atoms with Gasteiger partial charge in [-0.2, -0.15) is 0 Å². The summed E-state index contributed by atoms with van der Waals surface area (Å²) >= 11 is 0. The number of rotatable bonds is 0. The van der Waals surface area contributed by atoms with E-state index in [0.29, 0.717) is 11.8 Å². The fourth-order valence-electron chi connectivity index (χ4n) is 2.24. The quantitative estimate of drug-likeness (QED) is 0.548. The Balaban J connectivity index is 2.27. The molecule has 0 aromatic carbocycles. The molecule has 12 heavy (non-hydrogen) atoms. The zero-order valence-corrected chi connectivity index (χ0v) is 7.54. The van der Waals surface area contributed by atoms with Crippen LogP contribution in [-0.4, -0.2) is 12.4 Å². The molecule has 2 rings (SSSR count). The zero-order chi connectivity index (χ0) is 8.72. The summed E-state index contributed by atoms with van der Waals surface area (Å²) in [4.78, 5) is 11.3. The molecule has 0 radical (unpaired) electrons. The summed E-state index contributed by atoms with van der Waals surface area (Å²) in [5.41, 5.74) is 0. The van der Waals surface area contributed by atoms with E-state index in [2.05, 4.69) is 6.92 Å². The maximum Gasteiger partial charge on any atom is 0.162 e. The monoisotopic (exact) mass is 166 g/mol. The van der Waals surface area contributed by atoms with Crippen molar-refractivity contribution in [3.63, 3.8) is 0 Å². The molecule has 1 saturated heterocycles. The molecule has 66 valence electrons. The Hall–Kier alpha value is -0.790. The third kappa shape index (κ3) is 0.977. The summed E-state index contributed by atoms with van der Waals surface area (Å²) in [6.07, 6.45) is 2.77. The first-order valence-corrected chi connectivity index (χ1v) is 4.58. The van der Waals surface area contributed by atoms with Gasteiger partial charge in [0, 0.05) is 17.9 Å². The number of carbonyl (C=O) groups excluding carboxylic acids is 1. The highest BCUT2D eigenvalue weighted by Gasteiger charge is 2.39. The van der Waals surface area contributed by atoms with E-state index in [1.807, 2.05) is 6.92 Å². The second-order valence-electron chi connectivity index (χ2n) is 3.88. The smallest absolute Gasteiger partial charge is 0.162 e. The van der Waals surface area contributed by atoms with Crippen LogP contribution in [0.1, 0.15) is 20.3 Å². The zero-order valence-electron chi connectivity index (χ0n) is 7.54. The van der Waals surface area contributed by atoms with E-state index in [0.717, 1.165) is 18.8 Å². The van der Waals surface area contributed by atoms with Crippen molar-refractivity contribution in [2.75, 3.05) is 6.61 Å². The van der Waals surface area contributed by atoms with Crippen LogP contribution in [0.4, 0.5) is 0 Å². The molecule has 1 heterocycles. The van der Waals surface area contributed by atoms with Crippen molar-refractivity contribution >= 4 is 5.78 Å². The number of ketones is 1.